The molecule has 1 aliphatic rings. The molecule has 172 valence electrons. The fourth-order valence-corrected chi connectivity index (χ4v) is 3.92. The summed E-state index contributed by atoms with van der Waals surface area (Å²) in [4.78, 5) is 7.29. The van der Waals surface area contributed by atoms with Gasteiger partial charge in [0.15, 0.2) is 5.96 Å². The molecule has 1 atom stereocenters. The van der Waals surface area contributed by atoms with Crippen LogP contribution in [0.2, 0.25) is 0 Å². The maximum absolute atomic E-state index is 11.1. The minimum Gasteiger partial charge on any atom is -0.497 e. The van der Waals surface area contributed by atoms with Gasteiger partial charge >= 0.3 is 0 Å². The van der Waals surface area contributed by atoms with Gasteiger partial charge in [0.25, 0.3) is 0 Å². The summed E-state index contributed by atoms with van der Waals surface area (Å²) in [6, 6.07) is 8.42. The molecule has 8 nitrogen and oxygen atoms in total. The van der Waals surface area contributed by atoms with E-state index in [1.54, 1.807) is 7.11 Å². The lowest BCUT2D eigenvalue weighted by molar-refractivity contribution is 0.251. The van der Waals surface area contributed by atoms with Crippen molar-refractivity contribution in [3.63, 3.8) is 0 Å². The third-order valence-electron chi connectivity index (χ3n) is 4.84. The molecule has 1 unspecified atom stereocenters. The molecule has 0 aromatic heterocycles. The first-order chi connectivity index (χ1) is 13.9. The van der Waals surface area contributed by atoms with E-state index in [1.807, 2.05) is 19.1 Å². The Labute approximate surface area is 198 Å². The van der Waals surface area contributed by atoms with Gasteiger partial charge < -0.3 is 15.4 Å². The summed E-state index contributed by atoms with van der Waals surface area (Å²) < 4.78 is 30.2. The predicted octanol–water partition coefficient (Wildman–Crippen LogP) is 1.94. The molecular formula is C20H36IN5O3S. The maximum atomic E-state index is 11.1. The number of halogens is 1. The van der Waals surface area contributed by atoms with Gasteiger partial charge in [-0.15, -0.1) is 24.0 Å². The first-order valence-electron chi connectivity index (χ1n) is 10.3. The molecule has 1 heterocycles. The monoisotopic (exact) mass is 553 g/mol. The van der Waals surface area contributed by atoms with Crippen molar-refractivity contribution in [1.82, 2.24) is 20.3 Å². The zero-order valence-corrected chi connectivity index (χ0v) is 21.3. The average molecular weight is 554 g/mol. The number of aliphatic imine (C=N–C) groups is 1. The highest BCUT2D eigenvalue weighted by molar-refractivity contribution is 14.0. The number of hydrogen-bond donors (Lipinski definition) is 3. The Hall–Kier alpha value is -1.11. The molecule has 0 aliphatic carbocycles. The lowest BCUT2D eigenvalue weighted by Gasteiger charge is -2.27. The van der Waals surface area contributed by atoms with Crippen molar-refractivity contribution in [2.45, 2.75) is 32.2 Å². The number of ether oxygens (including phenoxy) is 1. The topological polar surface area (TPSA) is 95.1 Å². The number of methoxy groups -OCH3 is 1. The van der Waals surface area contributed by atoms with E-state index in [9.17, 15) is 8.42 Å². The third kappa shape index (κ3) is 9.80. The Bertz CT molecular complexity index is 755. The van der Waals surface area contributed by atoms with Gasteiger partial charge in [-0.25, -0.2) is 13.1 Å². The van der Waals surface area contributed by atoms with Crippen LogP contribution in [0.1, 0.15) is 37.8 Å². The lowest BCUT2D eigenvalue weighted by atomic mass is 10.1. The fraction of sp³-hybridized carbons (Fsp3) is 0.650. The number of guanidine groups is 1. The zero-order chi connectivity index (χ0) is 21.1. The molecule has 0 saturated carbocycles. The Balaban J connectivity index is 0.00000450. The molecule has 1 saturated heterocycles. The second kappa shape index (κ2) is 14.0. The van der Waals surface area contributed by atoms with Crippen LogP contribution in [0.3, 0.4) is 0 Å². The molecule has 30 heavy (non-hydrogen) atoms. The maximum Gasteiger partial charge on any atom is 0.208 e. The lowest BCUT2D eigenvalue weighted by Crippen LogP contribution is -2.39. The van der Waals surface area contributed by atoms with Gasteiger partial charge in [-0.3, -0.25) is 9.89 Å². The quantitative estimate of drug-likeness (QED) is 0.168. The second-order valence-corrected chi connectivity index (χ2v) is 9.03. The van der Waals surface area contributed by atoms with Gasteiger partial charge in [0.2, 0.25) is 10.0 Å². The minimum absolute atomic E-state index is 0. The molecule has 0 spiro atoms. The number of nitrogens with zero attached hydrogens (tertiary/aromatic N) is 2. The fourth-order valence-electron chi connectivity index (χ4n) is 3.41. The number of likely N-dealkylation sites (tertiary alicyclic amines) is 1. The zero-order valence-electron chi connectivity index (χ0n) is 18.2. The molecule has 10 heteroatoms. The van der Waals surface area contributed by atoms with Crippen molar-refractivity contribution < 1.29 is 13.2 Å². The van der Waals surface area contributed by atoms with Crippen LogP contribution in [0.15, 0.2) is 29.3 Å². The van der Waals surface area contributed by atoms with Crippen molar-refractivity contribution >= 4 is 40.0 Å². The van der Waals surface area contributed by atoms with E-state index in [4.69, 9.17) is 9.73 Å². The smallest absolute Gasteiger partial charge is 0.208 e. The van der Waals surface area contributed by atoms with E-state index in [0.717, 1.165) is 31.3 Å². The summed E-state index contributed by atoms with van der Waals surface area (Å²) in [5.74, 6) is 1.61. The van der Waals surface area contributed by atoms with E-state index in [1.165, 1.54) is 24.7 Å². The highest BCUT2D eigenvalue weighted by Crippen LogP contribution is 2.27. The number of benzene rings is 1. The largest absolute Gasteiger partial charge is 0.497 e. The van der Waals surface area contributed by atoms with Crippen molar-refractivity contribution in [2.75, 3.05) is 52.6 Å². The summed E-state index contributed by atoms with van der Waals surface area (Å²) in [5, 5.41) is 6.55. The highest BCUT2D eigenvalue weighted by atomic mass is 127. The predicted molar refractivity (Wildman–Crippen MR) is 133 cm³/mol. The molecule has 3 N–H and O–H groups in total. The van der Waals surface area contributed by atoms with Crippen LogP contribution in [0.5, 0.6) is 5.75 Å². The van der Waals surface area contributed by atoms with Crippen LogP contribution < -0.4 is 20.1 Å². The van der Waals surface area contributed by atoms with Crippen LogP contribution in [0, 0.1) is 0 Å². The van der Waals surface area contributed by atoms with E-state index in [2.05, 4.69) is 32.4 Å². The molecule has 1 fully saturated rings. The van der Waals surface area contributed by atoms with Crippen molar-refractivity contribution in [3.8, 4) is 5.75 Å². The van der Waals surface area contributed by atoms with Gasteiger partial charge in [0.1, 0.15) is 5.75 Å². The normalized spacial score (nSPS) is 16.0. The summed E-state index contributed by atoms with van der Waals surface area (Å²) in [6.07, 6.45) is 4.29. The summed E-state index contributed by atoms with van der Waals surface area (Å²) in [7, 11) is -1.45. The van der Waals surface area contributed by atoms with Crippen molar-refractivity contribution in [3.05, 3.63) is 29.8 Å². The molecule has 1 aromatic rings. The van der Waals surface area contributed by atoms with Gasteiger partial charge in [-0.2, -0.15) is 0 Å². The van der Waals surface area contributed by atoms with Crippen LogP contribution in [-0.2, 0) is 10.0 Å². The van der Waals surface area contributed by atoms with Crippen LogP contribution >= 0.6 is 24.0 Å². The molecule has 1 aliphatic heterocycles. The van der Waals surface area contributed by atoms with Crippen LogP contribution in [0.25, 0.3) is 0 Å². The van der Waals surface area contributed by atoms with Crippen LogP contribution in [0.4, 0.5) is 0 Å². The molecule has 2 rings (SSSR count). The molecular weight excluding hydrogens is 517 g/mol. The summed E-state index contributed by atoms with van der Waals surface area (Å²) in [6.45, 7) is 6.65. The van der Waals surface area contributed by atoms with Gasteiger partial charge in [0, 0.05) is 19.6 Å². The Morgan fingerprint density at radius 3 is 2.60 bits per heavy atom. The first kappa shape index (κ1) is 26.9. The Morgan fingerprint density at radius 2 is 1.97 bits per heavy atom. The molecule has 0 bridgehead atoms. The molecule has 0 amide bonds. The number of sulfonamides is 1. The number of hydrogen-bond acceptors (Lipinski definition) is 5. The van der Waals surface area contributed by atoms with Crippen LogP contribution in [-0.4, -0.2) is 71.9 Å². The summed E-state index contributed by atoms with van der Waals surface area (Å²) in [5.41, 5.74) is 1.21. The SMILES string of the molecule is CCNC(=NCC(c1cccc(OC)c1)N1CCCC1)NCCCNS(C)(=O)=O.I. The van der Waals surface area contributed by atoms with Gasteiger partial charge in [-0.1, -0.05) is 12.1 Å². The van der Waals surface area contributed by atoms with Gasteiger partial charge in [0.05, 0.1) is 26.0 Å². The molecule has 1 aromatic carbocycles. The van der Waals surface area contributed by atoms with Crippen molar-refractivity contribution in [1.29, 1.82) is 0 Å². The molecule has 0 radical (unpaired) electrons. The number of rotatable bonds is 11. The minimum atomic E-state index is -3.14. The van der Waals surface area contributed by atoms with E-state index >= 15 is 0 Å². The number of nitrogens with one attached hydrogen (secondary N) is 3. The second-order valence-electron chi connectivity index (χ2n) is 7.20. The summed E-state index contributed by atoms with van der Waals surface area (Å²) >= 11 is 0. The van der Waals surface area contributed by atoms with E-state index in [-0.39, 0.29) is 30.0 Å². The van der Waals surface area contributed by atoms with E-state index in [0.29, 0.717) is 26.1 Å². The van der Waals surface area contributed by atoms with E-state index < -0.39 is 10.0 Å². The standard InChI is InChI=1S/C20H35N5O3S.HI/c1-4-21-20(22-11-8-12-24-29(3,26)27)23-16-19(25-13-5-6-14-25)17-9-7-10-18(15-17)28-2;/h7,9-10,15,19,24H,4-6,8,11-14,16H2,1-3H3,(H2,21,22,23);1H. The highest BCUT2D eigenvalue weighted by Gasteiger charge is 2.23. The third-order valence-corrected chi connectivity index (χ3v) is 5.57. The Morgan fingerprint density at radius 1 is 1.23 bits per heavy atom. The average Bonchev–Trinajstić information content (AvgIpc) is 3.21. The van der Waals surface area contributed by atoms with Gasteiger partial charge in [-0.05, 0) is 57.0 Å². The first-order valence-corrected chi connectivity index (χ1v) is 12.2. The Kier molecular flexibility index (Phi) is 12.6. The van der Waals surface area contributed by atoms with Crippen molar-refractivity contribution in [2.24, 2.45) is 4.99 Å².